The molecule has 0 aliphatic carbocycles. The molecule has 0 aliphatic rings. The second-order valence-corrected chi connectivity index (χ2v) is 5.65. The monoisotopic (exact) mass is 320 g/mol. The molecular weight excluding hydrogens is 308 g/mol. The van der Waals surface area contributed by atoms with E-state index in [4.69, 9.17) is 16.7 Å². The van der Waals surface area contributed by atoms with Crippen LogP contribution in [0.5, 0.6) is 0 Å². The van der Waals surface area contributed by atoms with Crippen molar-refractivity contribution in [3.63, 3.8) is 0 Å². The van der Waals surface area contributed by atoms with Crippen molar-refractivity contribution in [2.24, 2.45) is 0 Å². The summed E-state index contributed by atoms with van der Waals surface area (Å²) in [5, 5.41) is 14.7. The van der Waals surface area contributed by atoms with Gasteiger partial charge in [-0.05, 0) is 36.4 Å². The van der Waals surface area contributed by atoms with E-state index < -0.39 is 0 Å². The summed E-state index contributed by atoms with van der Waals surface area (Å²) in [4.78, 5) is 13.6. The Morgan fingerprint density at radius 3 is 2.71 bits per heavy atom. The van der Waals surface area contributed by atoms with Crippen molar-refractivity contribution in [1.82, 2.24) is 5.32 Å². The van der Waals surface area contributed by atoms with E-state index in [-0.39, 0.29) is 12.6 Å². The van der Waals surface area contributed by atoms with Gasteiger partial charge in [0, 0.05) is 15.6 Å². The summed E-state index contributed by atoms with van der Waals surface area (Å²) in [6, 6.07) is 10.4. The van der Waals surface area contributed by atoms with Crippen molar-refractivity contribution in [3.8, 4) is 11.8 Å². The van der Waals surface area contributed by atoms with Crippen molar-refractivity contribution in [2.75, 3.05) is 11.9 Å². The molecule has 1 aromatic heterocycles. The first-order valence-electron chi connectivity index (χ1n) is 6.16. The Labute approximate surface area is 131 Å². The molecule has 0 fully saturated rings. The average molecular weight is 321 g/mol. The van der Waals surface area contributed by atoms with Gasteiger partial charge in [0.25, 0.3) is 0 Å². The number of amides is 2. The van der Waals surface area contributed by atoms with Crippen LogP contribution in [0.15, 0.2) is 36.4 Å². The lowest BCUT2D eigenvalue weighted by molar-refractivity contribution is 0.252. The Kier molecular flexibility index (Phi) is 5.64. The highest BCUT2D eigenvalue weighted by Gasteiger charge is 2.03. The van der Waals surface area contributed by atoms with Crippen molar-refractivity contribution < 1.29 is 9.90 Å². The van der Waals surface area contributed by atoms with Gasteiger partial charge in [0.1, 0.15) is 6.61 Å². The summed E-state index contributed by atoms with van der Waals surface area (Å²) >= 11 is 7.25. The van der Waals surface area contributed by atoms with Gasteiger partial charge >= 0.3 is 6.03 Å². The molecule has 0 bridgehead atoms. The molecule has 0 radical (unpaired) electrons. The number of hydrogen-bond donors (Lipinski definition) is 3. The van der Waals surface area contributed by atoms with E-state index in [0.29, 0.717) is 17.3 Å². The number of aliphatic hydroxyl groups is 1. The number of urea groups is 1. The quantitative estimate of drug-likeness (QED) is 0.761. The second kappa shape index (κ2) is 7.70. The number of hydrogen-bond acceptors (Lipinski definition) is 3. The van der Waals surface area contributed by atoms with Crippen LogP contribution >= 0.6 is 22.9 Å². The molecule has 0 saturated carbocycles. The molecule has 0 atom stereocenters. The topological polar surface area (TPSA) is 61.4 Å². The maximum atomic E-state index is 11.7. The fraction of sp³-hybridized carbons (Fsp3) is 0.133. The van der Waals surface area contributed by atoms with Gasteiger partial charge in [-0.2, -0.15) is 0 Å². The lowest BCUT2D eigenvalue weighted by atomic mass is 10.3. The number of carbonyl (C=O) groups is 1. The second-order valence-electron chi connectivity index (χ2n) is 4.04. The van der Waals surface area contributed by atoms with Gasteiger partial charge in [-0.25, -0.2) is 4.79 Å². The number of carbonyl (C=O) groups excluding carboxylic acids is 1. The third-order valence-corrected chi connectivity index (χ3v) is 3.73. The molecule has 1 heterocycles. The normalized spacial score (nSPS) is 9.62. The molecule has 0 unspecified atom stereocenters. The molecule has 6 heteroatoms. The maximum Gasteiger partial charge on any atom is 0.319 e. The largest absolute Gasteiger partial charge is 0.384 e. The molecule has 21 heavy (non-hydrogen) atoms. The molecular formula is C15H13ClN2O2S. The maximum absolute atomic E-state index is 11.7. The molecule has 108 valence electrons. The van der Waals surface area contributed by atoms with Gasteiger partial charge in [0.2, 0.25) is 0 Å². The van der Waals surface area contributed by atoms with Gasteiger partial charge in [-0.3, -0.25) is 0 Å². The molecule has 2 rings (SSSR count). The third kappa shape index (κ3) is 5.12. The zero-order valence-electron chi connectivity index (χ0n) is 11.0. The highest BCUT2D eigenvalue weighted by Crippen LogP contribution is 2.15. The van der Waals surface area contributed by atoms with E-state index in [1.165, 1.54) is 11.3 Å². The number of anilines is 1. The Morgan fingerprint density at radius 2 is 2.00 bits per heavy atom. The predicted octanol–water partition coefficient (Wildman–Crippen LogP) is 3.07. The molecule has 1 aromatic carbocycles. The fourth-order valence-corrected chi connectivity index (χ4v) is 2.49. The molecule has 0 spiro atoms. The molecule has 3 N–H and O–H groups in total. The van der Waals surface area contributed by atoms with Crippen LogP contribution in [0.4, 0.5) is 10.5 Å². The molecule has 2 amide bonds. The highest BCUT2D eigenvalue weighted by atomic mass is 35.5. The van der Waals surface area contributed by atoms with Crippen LogP contribution in [-0.2, 0) is 6.54 Å². The molecule has 0 aliphatic heterocycles. The van der Waals surface area contributed by atoms with Crippen molar-refractivity contribution in [2.45, 2.75) is 6.54 Å². The summed E-state index contributed by atoms with van der Waals surface area (Å²) in [5.74, 6) is 5.41. The smallest absolute Gasteiger partial charge is 0.319 e. The van der Waals surface area contributed by atoms with Crippen molar-refractivity contribution in [1.29, 1.82) is 0 Å². The minimum atomic E-state index is -0.284. The molecule has 4 nitrogen and oxygen atoms in total. The number of rotatable bonds is 3. The first-order chi connectivity index (χ1) is 10.2. The first-order valence-corrected chi connectivity index (χ1v) is 7.35. The summed E-state index contributed by atoms with van der Waals surface area (Å²) in [6.07, 6.45) is 0. The third-order valence-electron chi connectivity index (χ3n) is 2.48. The lowest BCUT2D eigenvalue weighted by Gasteiger charge is -2.06. The molecule has 0 saturated heterocycles. The SMILES string of the molecule is O=C(NCc1ccc(C#CCO)s1)Nc1ccc(Cl)cc1. The van der Waals surface area contributed by atoms with Gasteiger partial charge in [0.15, 0.2) is 0 Å². The van der Waals surface area contributed by atoms with E-state index in [1.807, 2.05) is 12.1 Å². The number of benzene rings is 1. The van der Waals surface area contributed by atoms with Crippen LogP contribution in [-0.4, -0.2) is 17.7 Å². The van der Waals surface area contributed by atoms with E-state index in [2.05, 4.69) is 22.5 Å². The average Bonchev–Trinajstić information content (AvgIpc) is 2.93. The number of thiophene rings is 1. The van der Waals surface area contributed by atoms with Gasteiger partial charge in [-0.1, -0.05) is 23.4 Å². The Morgan fingerprint density at radius 1 is 1.24 bits per heavy atom. The van der Waals surface area contributed by atoms with Gasteiger partial charge in [0.05, 0.1) is 11.4 Å². The Balaban J connectivity index is 1.83. The van der Waals surface area contributed by atoms with Gasteiger partial charge in [-0.15, -0.1) is 11.3 Å². The molecule has 2 aromatic rings. The van der Waals surface area contributed by atoms with E-state index in [1.54, 1.807) is 24.3 Å². The standard InChI is InChI=1S/C15H13ClN2O2S/c16-11-3-5-12(6-4-11)18-15(20)17-10-14-8-7-13(21-14)2-1-9-19/h3-8,19H,9-10H2,(H2,17,18,20). The van der Waals surface area contributed by atoms with E-state index in [9.17, 15) is 4.79 Å². The fourth-order valence-electron chi connectivity index (χ4n) is 1.54. The van der Waals surface area contributed by atoms with Gasteiger partial charge < -0.3 is 15.7 Å². The lowest BCUT2D eigenvalue weighted by Crippen LogP contribution is -2.27. The van der Waals surface area contributed by atoms with Crippen LogP contribution in [0, 0.1) is 11.8 Å². The van der Waals surface area contributed by atoms with Crippen LogP contribution < -0.4 is 10.6 Å². The van der Waals surface area contributed by atoms with Crippen LogP contribution in [0.2, 0.25) is 5.02 Å². The minimum Gasteiger partial charge on any atom is -0.384 e. The van der Waals surface area contributed by atoms with Crippen molar-refractivity contribution >= 4 is 34.7 Å². The number of nitrogens with one attached hydrogen (secondary N) is 2. The summed E-state index contributed by atoms with van der Waals surface area (Å²) in [7, 11) is 0. The highest BCUT2D eigenvalue weighted by molar-refractivity contribution is 7.12. The minimum absolute atomic E-state index is 0.158. The summed E-state index contributed by atoms with van der Waals surface area (Å²) in [6.45, 7) is 0.264. The predicted molar refractivity (Wildman–Crippen MR) is 85.6 cm³/mol. The Bertz CT molecular complexity index is 671. The Hall–Kier alpha value is -2.00. The van der Waals surface area contributed by atoms with Crippen molar-refractivity contribution in [3.05, 3.63) is 51.2 Å². The van der Waals surface area contributed by atoms with Crippen LogP contribution in [0.1, 0.15) is 9.75 Å². The first kappa shape index (κ1) is 15.4. The van der Waals surface area contributed by atoms with E-state index >= 15 is 0 Å². The zero-order valence-corrected chi connectivity index (χ0v) is 12.6. The van der Waals surface area contributed by atoms with Crippen LogP contribution in [0.25, 0.3) is 0 Å². The summed E-state index contributed by atoms with van der Waals surface area (Å²) in [5.41, 5.74) is 0.678. The summed E-state index contributed by atoms with van der Waals surface area (Å²) < 4.78 is 0. The number of halogens is 1. The van der Waals surface area contributed by atoms with E-state index in [0.717, 1.165) is 9.75 Å². The number of aliphatic hydroxyl groups excluding tert-OH is 1. The van der Waals surface area contributed by atoms with Crippen LogP contribution in [0.3, 0.4) is 0 Å². The zero-order chi connectivity index (χ0) is 15.1.